The molecule has 1 aromatic rings. The highest BCUT2D eigenvalue weighted by molar-refractivity contribution is 9.10. The van der Waals surface area contributed by atoms with Gasteiger partial charge in [0.25, 0.3) is 0 Å². The van der Waals surface area contributed by atoms with Gasteiger partial charge in [0.2, 0.25) is 0 Å². The number of carboxylic acids is 1. The van der Waals surface area contributed by atoms with E-state index in [1.807, 2.05) is 19.9 Å². The highest BCUT2D eigenvalue weighted by atomic mass is 79.9. The predicted molar refractivity (Wildman–Crippen MR) is 67.4 cm³/mol. The first kappa shape index (κ1) is 14.0. The van der Waals surface area contributed by atoms with Crippen LogP contribution in [0.3, 0.4) is 0 Å². The first-order chi connectivity index (χ1) is 7.88. The van der Waals surface area contributed by atoms with E-state index in [0.29, 0.717) is 10.2 Å². The van der Waals surface area contributed by atoms with Crippen molar-refractivity contribution in [2.24, 2.45) is 0 Å². The Labute approximate surface area is 108 Å². The van der Waals surface area contributed by atoms with Crippen LogP contribution in [0.4, 0.5) is 0 Å². The Balaban J connectivity index is 3.38. The van der Waals surface area contributed by atoms with E-state index >= 15 is 0 Å². The van der Waals surface area contributed by atoms with E-state index in [4.69, 9.17) is 9.84 Å². The van der Waals surface area contributed by atoms with Crippen LogP contribution >= 0.6 is 15.9 Å². The number of ether oxygens (including phenoxy) is 1. The Bertz CT molecular complexity index is 429. The summed E-state index contributed by atoms with van der Waals surface area (Å²) in [6.07, 6.45) is -1.58. The summed E-state index contributed by atoms with van der Waals surface area (Å²) in [5.41, 5.74) is 1.20. The summed E-state index contributed by atoms with van der Waals surface area (Å²) in [6, 6.07) is 3.52. The summed E-state index contributed by atoms with van der Waals surface area (Å²) in [6.45, 7) is 3.98. The molecule has 1 atom stereocenters. The number of hydrogen-bond acceptors (Lipinski definition) is 3. The molecule has 2 N–H and O–H groups in total. The molecule has 1 rings (SSSR count). The zero-order valence-electron chi connectivity index (χ0n) is 9.90. The lowest BCUT2D eigenvalue weighted by Crippen LogP contribution is -2.12. The van der Waals surface area contributed by atoms with Crippen molar-refractivity contribution in [3.05, 3.63) is 27.7 Å². The minimum Gasteiger partial charge on any atom is -0.495 e. The van der Waals surface area contributed by atoms with Gasteiger partial charge in [0.1, 0.15) is 5.75 Å². The SMILES string of the molecule is COc1c(Br)cc(C(C)C)cc1C(O)C(=O)O. The van der Waals surface area contributed by atoms with Crippen molar-refractivity contribution in [2.75, 3.05) is 7.11 Å². The summed E-state index contributed by atoms with van der Waals surface area (Å²) in [5.74, 6) is -0.711. The van der Waals surface area contributed by atoms with Crippen LogP contribution in [0.15, 0.2) is 16.6 Å². The number of carboxylic acid groups (broad SMARTS) is 1. The second kappa shape index (κ2) is 5.51. The van der Waals surface area contributed by atoms with Gasteiger partial charge in [-0.25, -0.2) is 4.79 Å². The molecule has 0 amide bonds. The Kier molecular flexibility index (Phi) is 4.54. The quantitative estimate of drug-likeness (QED) is 0.897. The maximum atomic E-state index is 10.8. The number of aliphatic carboxylic acids is 1. The van der Waals surface area contributed by atoms with E-state index in [1.165, 1.54) is 7.11 Å². The highest BCUT2D eigenvalue weighted by Crippen LogP contribution is 2.36. The molecule has 17 heavy (non-hydrogen) atoms. The van der Waals surface area contributed by atoms with Crippen LogP contribution in [0.5, 0.6) is 5.75 Å². The zero-order valence-corrected chi connectivity index (χ0v) is 11.5. The van der Waals surface area contributed by atoms with Crippen LogP contribution in [0.2, 0.25) is 0 Å². The van der Waals surface area contributed by atoms with E-state index < -0.39 is 12.1 Å². The molecule has 5 heteroatoms. The molecular formula is C12H15BrO4. The molecule has 4 nitrogen and oxygen atoms in total. The van der Waals surface area contributed by atoms with Crippen LogP contribution in [0.1, 0.15) is 37.0 Å². The third kappa shape index (κ3) is 2.98. The summed E-state index contributed by atoms with van der Waals surface area (Å²) in [4.78, 5) is 10.8. The smallest absolute Gasteiger partial charge is 0.337 e. The normalized spacial score (nSPS) is 12.6. The van der Waals surface area contributed by atoms with Crippen molar-refractivity contribution >= 4 is 21.9 Å². The van der Waals surface area contributed by atoms with Gasteiger partial charge in [0, 0.05) is 5.56 Å². The van der Waals surface area contributed by atoms with Crippen molar-refractivity contribution in [3.63, 3.8) is 0 Å². The fourth-order valence-corrected chi connectivity index (χ4v) is 2.18. The summed E-state index contributed by atoms with van der Waals surface area (Å²) >= 11 is 3.31. The van der Waals surface area contributed by atoms with E-state index in [9.17, 15) is 9.90 Å². The molecule has 0 saturated carbocycles. The van der Waals surface area contributed by atoms with Gasteiger partial charge in [-0.1, -0.05) is 13.8 Å². The summed E-state index contributed by atoms with van der Waals surface area (Å²) in [5, 5.41) is 18.5. The van der Waals surface area contributed by atoms with Gasteiger partial charge in [-0.05, 0) is 39.5 Å². The standard InChI is InChI=1S/C12H15BrO4/c1-6(2)7-4-8(10(14)12(15)16)11(17-3)9(13)5-7/h4-6,10,14H,1-3H3,(H,15,16). The fraction of sp³-hybridized carbons (Fsp3) is 0.417. The second-order valence-electron chi connectivity index (χ2n) is 4.02. The number of benzene rings is 1. The molecule has 1 unspecified atom stereocenters. The van der Waals surface area contributed by atoms with Gasteiger partial charge in [-0.3, -0.25) is 0 Å². The topological polar surface area (TPSA) is 66.8 Å². The van der Waals surface area contributed by atoms with Gasteiger partial charge in [-0.2, -0.15) is 0 Å². The Morgan fingerprint density at radius 1 is 1.41 bits per heavy atom. The number of halogens is 1. The fourth-order valence-electron chi connectivity index (χ4n) is 1.52. The first-order valence-electron chi connectivity index (χ1n) is 5.16. The maximum Gasteiger partial charge on any atom is 0.337 e. The zero-order chi connectivity index (χ0) is 13.2. The third-order valence-corrected chi connectivity index (χ3v) is 3.08. The molecule has 0 radical (unpaired) electrons. The Morgan fingerprint density at radius 2 is 2.00 bits per heavy atom. The van der Waals surface area contributed by atoms with Crippen LogP contribution < -0.4 is 4.74 Å². The minimum atomic E-state index is -1.58. The third-order valence-electron chi connectivity index (χ3n) is 2.49. The highest BCUT2D eigenvalue weighted by Gasteiger charge is 2.23. The number of hydrogen-bond donors (Lipinski definition) is 2. The van der Waals surface area contributed by atoms with Crippen molar-refractivity contribution in [3.8, 4) is 5.75 Å². The largest absolute Gasteiger partial charge is 0.495 e. The van der Waals surface area contributed by atoms with Gasteiger partial charge in [-0.15, -0.1) is 0 Å². The van der Waals surface area contributed by atoms with Gasteiger partial charge in [0.05, 0.1) is 11.6 Å². The van der Waals surface area contributed by atoms with Crippen molar-refractivity contribution < 1.29 is 19.7 Å². The maximum absolute atomic E-state index is 10.8. The number of aliphatic hydroxyl groups excluding tert-OH is 1. The number of rotatable bonds is 4. The molecule has 1 aromatic carbocycles. The predicted octanol–water partition coefficient (Wildman–Crippen LogP) is 2.70. The van der Waals surface area contributed by atoms with Crippen molar-refractivity contribution in [2.45, 2.75) is 25.9 Å². The minimum absolute atomic E-state index is 0.233. The summed E-state index contributed by atoms with van der Waals surface area (Å²) < 4.78 is 5.75. The lowest BCUT2D eigenvalue weighted by molar-refractivity contribution is -0.147. The molecule has 94 valence electrons. The van der Waals surface area contributed by atoms with E-state index in [0.717, 1.165) is 5.56 Å². The van der Waals surface area contributed by atoms with Gasteiger partial charge < -0.3 is 14.9 Å². The van der Waals surface area contributed by atoms with Crippen LogP contribution in [0.25, 0.3) is 0 Å². The molecule has 0 aliphatic carbocycles. The van der Waals surface area contributed by atoms with Gasteiger partial charge >= 0.3 is 5.97 Å². The second-order valence-corrected chi connectivity index (χ2v) is 4.88. The molecule has 0 bridgehead atoms. The molecule has 0 aliphatic rings. The Hall–Kier alpha value is -1.07. The average Bonchev–Trinajstić information content (AvgIpc) is 2.26. The van der Waals surface area contributed by atoms with Crippen LogP contribution in [-0.2, 0) is 4.79 Å². The number of carbonyl (C=O) groups is 1. The van der Waals surface area contributed by atoms with E-state index in [-0.39, 0.29) is 11.5 Å². The number of methoxy groups -OCH3 is 1. The van der Waals surface area contributed by atoms with E-state index in [2.05, 4.69) is 15.9 Å². The molecule has 0 spiro atoms. The van der Waals surface area contributed by atoms with Gasteiger partial charge in [0.15, 0.2) is 6.10 Å². The number of aliphatic hydroxyl groups is 1. The first-order valence-corrected chi connectivity index (χ1v) is 5.96. The van der Waals surface area contributed by atoms with Crippen LogP contribution in [0, 0.1) is 0 Å². The van der Waals surface area contributed by atoms with E-state index in [1.54, 1.807) is 6.07 Å². The molecule has 0 fully saturated rings. The molecular weight excluding hydrogens is 288 g/mol. The molecule has 0 aromatic heterocycles. The van der Waals surface area contributed by atoms with Crippen molar-refractivity contribution in [1.29, 1.82) is 0 Å². The monoisotopic (exact) mass is 302 g/mol. The summed E-state index contributed by atoms with van der Waals surface area (Å²) in [7, 11) is 1.44. The van der Waals surface area contributed by atoms with Crippen molar-refractivity contribution in [1.82, 2.24) is 0 Å². The molecule has 0 saturated heterocycles. The molecule has 0 heterocycles. The Morgan fingerprint density at radius 3 is 2.41 bits per heavy atom. The lowest BCUT2D eigenvalue weighted by Gasteiger charge is -2.16. The van der Waals surface area contributed by atoms with Crippen LogP contribution in [-0.4, -0.2) is 23.3 Å². The molecule has 0 aliphatic heterocycles. The lowest BCUT2D eigenvalue weighted by atomic mass is 9.98. The average molecular weight is 303 g/mol.